The molecule has 0 N–H and O–H groups in total. The maximum Gasteiger partial charge on any atom is 0.307 e. The van der Waals surface area contributed by atoms with Gasteiger partial charge in [0.1, 0.15) is 18.9 Å². The van der Waals surface area contributed by atoms with Crippen LogP contribution in [0.25, 0.3) is 0 Å². The highest BCUT2D eigenvalue weighted by Crippen LogP contribution is 2.18. The minimum absolute atomic E-state index is 0.0236. The van der Waals surface area contributed by atoms with E-state index in [0.717, 1.165) is 19.0 Å². The Kier molecular flexibility index (Phi) is 4.11. The van der Waals surface area contributed by atoms with Crippen LogP contribution < -0.4 is 0 Å². The van der Waals surface area contributed by atoms with Crippen molar-refractivity contribution in [2.45, 2.75) is 38.8 Å². The van der Waals surface area contributed by atoms with E-state index >= 15 is 0 Å². The van der Waals surface area contributed by atoms with Gasteiger partial charge < -0.3 is 4.90 Å². The predicted octanol–water partition coefficient (Wildman–Crippen LogP) is 0.761. The summed E-state index contributed by atoms with van der Waals surface area (Å²) in [6, 6.07) is -0.373. The van der Waals surface area contributed by atoms with Gasteiger partial charge in [-0.25, -0.2) is 0 Å². The Morgan fingerprint density at radius 3 is 2.85 bits per heavy atom. The Morgan fingerprint density at radius 2 is 2.25 bits per heavy atom. The van der Waals surface area contributed by atoms with E-state index in [1.807, 2.05) is 0 Å². The van der Waals surface area contributed by atoms with Crippen molar-refractivity contribution in [2.75, 3.05) is 6.54 Å². The van der Waals surface area contributed by atoms with Crippen LogP contribution in [0, 0.1) is 10.1 Å². The first-order chi connectivity index (χ1) is 9.49. The lowest BCUT2D eigenvalue weighted by Gasteiger charge is -2.34. The van der Waals surface area contributed by atoms with Gasteiger partial charge in [-0.3, -0.25) is 24.4 Å². The summed E-state index contributed by atoms with van der Waals surface area (Å²) >= 11 is 0. The van der Waals surface area contributed by atoms with Crippen LogP contribution in [0.4, 0.5) is 5.69 Å². The molecule has 0 saturated carbocycles. The quantitative estimate of drug-likeness (QED) is 0.599. The zero-order chi connectivity index (χ0) is 14.7. The number of carbonyl (C=O) groups excluding carboxylic acids is 2. The zero-order valence-corrected chi connectivity index (χ0v) is 11.2. The molecule has 0 spiro atoms. The molecule has 0 radical (unpaired) electrons. The number of Topliss-reactive ketones (excluding diaryl/α,β-unsaturated/α-hetero) is 1. The Balaban J connectivity index is 2.05. The molecule has 0 unspecified atom stereocenters. The number of likely N-dealkylation sites (tertiary alicyclic amines) is 1. The molecule has 20 heavy (non-hydrogen) atoms. The molecule has 108 valence electrons. The van der Waals surface area contributed by atoms with E-state index in [0.29, 0.717) is 13.0 Å². The van der Waals surface area contributed by atoms with Crippen molar-refractivity contribution < 1.29 is 14.5 Å². The summed E-state index contributed by atoms with van der Waals surface area (Å²) in [6.45, 7) is 1.94. The number of carbonyl (C=O) groups is 2. The molecule has 1 atom stereocenters. The van der Waals surface area contributed by atoms with Crippen molar-refractivity contribution in [1.82, 2.24) is 14.7 Å². The molecule has 1 saturated heterocycles. The van der Waals surface area contributed by atoms with Crippen LogP contribution in [0.3, 0.4) is 0 Å². The topological polar surface area (TPSA) is 98.3 Å². The summed E-state index contributed by atoms with van der Waals surface area (Å²) in [7, 11) is 0. The molecule has 1 aromatic heterocycles. The second kappa shape index (κ2) is 5.81. The van der Waals surface area contributed by atoms with Crippen LogP contribution in [0.5, 0.6) is 0 Å². The summed E-state index contributed by atoms with van der Waals surface area (Å²) in [5.74, 6) is -0.257. The first-order valence-electron chi connectivity index (χ1n) is 6.46. The maximum absolute atomic E-state index is 12.2. The van der Waals surface area contributed by atoms with E-state index in [2.05, 4.69) is 5.10 Å². The molecule has 2 heterocycles. The second-order valence-electron chi connectivity index (χ2n) is 4.86. The molecule has 8 heteroatoms. The van der Waals surface area contributed by atoms with Gasteiger partial charge >= 0.3 is 5.69 Å². The van der Waals surface area contributed by atoms with Crippen molar-refractivity contribution in [3.05, 3.63) is 22.5 Å². The van der Waals surface area contributed by atoms with Gasteiger partial charge in [-0.05, 0) is 26.2 Å². The number of amides is 1. The normalized spacial score (nSPS) is 18.9. The smallest absolute Gasteiger partial charge is 0.307 e. The average molecular weight is 280 g/mol. The van der Waals surface area contributed by atoms with E-state index in [-0.39, 0.29) is 30.0 Å². The first-order valence-corrected chi connectivity index (χ1v) is 6.46. The molecular formula is C12H16N4O4. The molecule has 8 nitrogen and oxygen atoms in total. The monoisotopic (exact) mass is 280 g/mol. The number of nitrogens with zero attached hydrogens (tertiary/aromatic N) is 4. The summed E-state index contributed by atoms with van der Waals surface area (Å²) in [4.78, 5) is 35.3. The van der Waals surface area contributed by atoms with Crippen molar-refractivity contribution in [1.29, 1.82) is 0 Å². The van der Waals surface area contributed by atoms with Crippen LogP contribution in [0.15, 0.2) is 12.4 Å². The number of hydrogen-bond acceptors (Lipinski definition) is 5. The number of nitro groups is 1. The SMILES string of the molecule is CC(=O)[C@@H]1CCCCN1C(=O)Cn1cc([N+](=O)[O-])cn1. The van der Waals surface area contributed by atoms with Crippen molar-refractivity contribution >= 4 is 17.4 Å². The Labute approximate surface area is 115 Å². The van der Waals surface area contributed by atoms with Gasteiger partial charge in [0.15, 0.2) is 5.78 Å². The fourth-order valence-corrected chi connectivity index (χ4v) is 2.42. The third-order valence-corrected chi connectivity index (χ3v) is 3.42. The lowest BCUT2D eigenvalue weighted by molar-refractivity contribution is -0.385. The minimum atomic E-state index is -0.562. The lowest BCUT2D eigenvalue weighted by atomic mass is 9.99. The maximum atomic E-state index is 12.2. The van der Waals surface area contributed by atoms with Crippen molar-refractivity contribution in [2.24, 2.45) is 0 Å². The predicted molar refractivity (Wildman–Crippen MR) is 68.9 cm³/mol. The van der Waals surface area contributed by atoms with Gasteiger partial charge in [-0.1, -0.05) is 0 Å². The zero-order valence-electron chi connectivity index (χ0n) is 11.2. The Hall–Kier alpha value is -2.25. The molecule has 0 aliphatic carbocycles. The van der Waals surface area contributed by atoms with E-state index in [9.17, 15) is 19.7 Å². The van der Waals surface area contributed by atoms with E-state index in [1.54, 1.807) is 4.90 Å². The summed E-state index contributed by atoms with van der Waals surface area (Å²) < 4.78 is 1.23. The lowest BCUT2D eigenvalue weighted by Crippen LogP contribution is -2.48. The third-order valence-electron chi connectivity index (χ3n) is 3.42. The number of piperidine rings is 1. The Morgan fingerprint density at radius 1 is 1.50 bits per heavy atom. The molecule has 1 aliphatic heterocycles. The van der Waals surface area contributed by atoms with Crippen LogP contribution >= 0.6 is 0 Å². The van der Waals surface area contributed by atoms with Crippen molar-refractivity contribution in [3.63, 3.8) is 0 Å². The highest BCUT2D eigenvalue weighted by molar-refractivity contribution is 5.87. The highest BCUT2D eigenvalue weighted by Gasteiger charge is 2.29. The van der Waals surface area contributed by atoms with Crippen LogP contribution in [-0.2, 0) is 16.1 Å². The Bertz CT molecular complexity index is 539. The molecule has 1 amide bonds. The number of ketones is 1. The van der Waals surface area contributed by atoms with E-state index in [4.69, 9.17) is 0 Å². The van der Waals surface area contributed by atoms with Gasteiger partial charge in [0.05, 0.1) is 11.0 Å². The molecule has 1 aliphatic rings. The number of rotatable bonds is 4. The molecular weight excluding hydrogens is 264 g/mol. The van der Waals surface area contributed by atoms with Crippen LogP contribution in [-0.4, -0.2) is 43.9 Å². The van der Waals surface area contributed by atoms with Crippen molar-refractivity contribution in [3.8, 4) is 0 Å². The largest absolute Gasteiger partial charge is 0.331 e. The van der Waals surface area contributed by atoms with Crippen LogP contribution in [0.1, 0.15) is 26.2 Å². The van der Waals surface area contributed by atoms with Gasteiger partial charge in [0.25, 0.3) is 0 Å². The summed E-state index contributed by atoms with van der Waals surface area (Å²) in [6.07, 6.45) is 4.80. The molecule has 1 fully saturated rings. The number of aromatic nitrogens is 2. The highest BCUT2D eigenvalue weighted by atomic mass is 16.6. The average Bonchev–Trinajstić information content (AvgIpc) is 2.87. The molecule has 1 aromatic rings. The van der Waals surface area contributed by atoms with Gasteiger partial charge in [0.2, 0.25) is 5.91 Å². The van der Waals surface area contributed by atoms with Gasteiger partial charge in [-0.2, -0.15) is 5.10 Å². The van der Waals surface area contributed by atoms with Gasteiger partial charge in [0, 0.05) is 6.54 Å². The standard InChI is InChI=1S/C12H16N4O4/c1-9(17)11-4-2-3-5-15(11)12(18)8-14-7-10(6-13-14)16(19)20/h6-7,11H,2-5,8H2,1H3/t11-/m0/s1. The fourth-order valence-electron chi connectivity index (χ4n) is 2.42. The first kappa shape index (κ1) is 14.2. The summed E-state index contributed by atoms with van der Waals surface area (Å²) in [5, 5.41) is 14.3. The van der Waals surface area contributed by atoms with Crippen LogP contribution in [0.2, 0.25) is 0 Å². The number of hydrogen-bond donors (Lipinski definition) is 0. The fraction of sp³-hybridized carbons (Fsp3) is 0.583. The van der Waals surface area contributed by atoms with E-state index in [1.165, 1.54) is 17.8 Å². The van der Waals surface area contributed by atoms with Gasteiger partial charge in [-0.15, -0.1) is 0 Å². The summed E-state index contributed by atoms with van der Waals surface area (Å²) in [5.41, 5.74) is -0.153. The molecule has 2 rings (SSSR count). The van der Waals surface area contributed by atoms with E-state index < -0.39 is 4.92 Å². The molecule has 0 aromatic carbocycles. The third kappa shape index (κ3) is 3.01. The molecule has 0 bridgehead atoms. The minimum Gasteiger partial charge on any atom is -0.331 e. The second-order valence-corrected chi connectivity index (χ2v) is 4.86.